The molecule has 2 rings (SSSR count). The van der Waals surface area contributed by atoms with Crippen molar-refractivity contribution in [2.24, 2.45) is 10.9 Å². The van der Waals surface area contributed by atoms with Crippen LogP contribution in [0.5, 0.6) is 0 Å². The Morgan fingerprint density at radius 3 is 3.12 bits per heavy atom. The molecule has 3 N–H and O–H groups in total. The fourth-order valence-electron chi connectivity index (χ4n) is 1.60. The number of nitrogens with zero attached hydrogens (tertiary/aromatic N) is 1. The first-order chi connectivity index (χ1) is 8.29. The van der Waals surface area contributed by atoms with E-state index in [0.29, 0.717) is 5.75 Å². The Kier molecular flexibility index (Phi) is 3.88. The van der Waals surface area contributed by atoms with Gasteiger partial charge < -0.3 is 10.9 Å². The predicted octanol–water partition coefficient (Wildman–Crippen LogP) is 1.05. The molecule has 0 saturated heterocycles. The predicted molar refractivity (Wildman–Crippen MR) is 72.5 cm³/mol. The number of rotatable bonds is 3. The molecule has 3 nitrogen and oxygen atoms in total. The fraction of sp³-hybridized carbons (Fsp3) is 0.154. The summed E-state index contributed by atoms with van der Waals surface area (Å²) in [6.07, 6.45) is 9.46. The normalized spacial score (nSPS) is 14.5. The van der Waals surface area contributed by atoms with Gasteiger partial charge in [0.15, 0.2) is 0 Å². The molecule has 0 aromatic heterocycles. The molecule has 17 heavy (non-hydrogen) atoms. The minimum atomic E-state index is 0.238. The third-order valence-corrected chi connectivity index (χ3v) is 3.49. The zero-order valence-electron chi connectivity index (χ0n) is 9.34. The molecule has 0 heterocycles. The van der Waals surface area contributed by atoms with E-state index in [-0.39, 0.29) is 5.84 Å². The van der Waals surface area contributed by atoms with E-state index in [1.165, 1.54) is 10.4 Å². The number of amidine groups is 1. The maximum Gasteiger partial charge on any atom is 0.149 e. The van der Waals surface area contributed by atoms with Crippen LogP contribution in [0.25, 0.3) is 12.2 Å². The van der Waals surface area contributed by atoms with E-state index in [0.717, 1.165) is 11.3 Å². The van der Waals surface area contributed by atoms with Crippen LogP contribution in [0, 0.1) is 0 Å². The summed E-state index contributed by atoms with van der Waals surface area (Å²) in [4.78, 5) is 1.13. The van der Waals surface area contributed by atoms with E-state index in [2.05, 4.69) is 47.7 Å². The monoisotopic (exact) mass is 246 g/mol. The van der Waals surface area contributed by atoms with Crippen molar-refractivity contribution in [3.05, 3.63) is 40.8 Å². The van der Waals surface area contributed by atoms with Crippen LogP contribution in [-0.4, -0.2) is 16.8 Å². The van der Waals surface area contributed by atoms with E-state index in [4.69, 9.17) is 10.9 Å². The molecule has 1 aliphatic carbocycles. The number of hydrogen-bond acceptors (Lipinski definition) is 3. The number of fused-ring (bicyclic) bond motifs is 1. The van der Waals surface area contributed by atoms with Gasteiger partial charge in [-0.2, -0.15) is 0 Å². The van der Waals surface area contributed by atoms with E-state index >= 15 is 0 Å². The van der Waals surface area contributed by atoms with Gasteiger partial charge in [-0.05, 0) is 29.0 Å². The second-order valence-electron chi connectivity index (χ2n) is 3.71. The Morgan fingerprint density at radius 1 is 1.41 bits per heavy atom. The van der Waals surface area contributed by atoms with Crippen molar-refractivity contribution >= 4 is 29.7 Å². The van der Waals surface area contributed by atoms with Crippen LogP contribution < -0.4 is 16.2 Å². The lowest BCUT2D eigenvalue weighted by atomic mass is 10.2. The SMILES string of the molecule is N/C(CSc1ccc2c(c1)=CCC=CC=2)=N\O. The smallest absolute Gasteiger partial charge is 0.149 e. The van der Waals surface area contributed by atoms with Crippen molar-refractivity contribution in [3.63, 3.8) is 0 Å². The summed E-state index contributed by atoms with van der Waals surface area (Å²) in [6, 6.07) is 6.28. The summed E-state index contributed by atoms with van der Waals surface area (Å²) in [7, 11) is 0. The standard InChI is InChI=1S/C13H14N2OS/c14-13(15-16)9-17-12-7-6-10-4-2-1-3-5-11(10)8-12/h1-2,4-8,16H,3,9H2,(H2,14,15). The van der Waals surface area contributed by atoms with Gasteiger partial charge in [0, 0.05) is 4.90 Å². The minimum Gasteiger partial charge on any atom is -0.409 e. The average Bonchev–Trinajstić information content (AvgIpc) is 2.60. The Balaban J connectivity index is 2.23. The quantitative estimate of drug-likeness (QED) is 0.275. The van der Waals surface area contributed by atoms with Crippen LogP contribution in [0.4, 0.5) is 0 Å². The van der Waals surface area contributed by atoms with Crippen molar-refractivity contribution < 1.29 is 5.21 Å². The zero-order valence-corrected chi connectivity index (χ0v) is 10.2. The van der Waals surface area contributed by atoms with Gasteiger partial charge in [0.05, 0.1) is 5.75 Å². The lowest BCUT2D eigenvalue weighted by Gasteiger charge is -2.00. The summed E-state index contributed by atoms with van der Waals surface area (Å²) in [5.74, 6) is 0.735. The molecule has 0 unspecified atom stereocenters. The summed E-state index contributed by atoms with van der Waals surface area (Å²) in [5, 5.41) is 13.9. The molecule has 0 saturated carbocycles. The lowest BCUT2D eigenvalue weighted by molar-refractivity contribution is 0.318. The van der Waals surface area contributed by atoms with Crippen molar-refractivity contribution in [2.45, 2.75) is 11.3 Å². The maximum atomic E-state index is 8.47. The molecular weight excluding hydrogens is 232 g/mol. The van der Waals surface area contributed by atoms with Gasteiger partial charge in [-0.25, -0.2) is 0 Å². The van der Waals surface area contributed by atoms with Crippen LogP contribution in [0.3, 0.4) is 0 Å². The van der Waals surface area contributed by atoms with Gasteiger partial charge in [0.2, 0.25) is 0 Å². The number of benzene rings is 1. The van der Waals surface area contributed by atoms with Gasteiger partial charge in [0.25, 0.3) is 0 Å². The molecule has 1 aromatic rings. The highest BCUT2D eigenvalue weighted by molar-refractivity contribution is 8.00. The molecule has 4 heteroatoms. The Labute approximate surface area is 104 Å². The van der Waals surface area contributed by atoms with Crippen LogP contribution >= 0.6 is 11.8 Å². The van der Waals surface area contributed by atoms with E-state index < -0.39 is 0 Å². The van der Waals surface area contributed by atoms with Crippen molar-refractivity contribution in [1.29, 1.82) is 0 Å². The number of oxime groups is 1. The summed E-state index contributed by atoms with van der Waals surface area (Å²) in [5.41, 5.74) is 5.44. The Hall–Kier alpha value is -1.68. The third-order valence-electron chi connectivity index (χ3n) is 2.46. The molecule has 88 valence electrons. The molecule has 0 bridgehead atoms. The number of nitrogens with two attached hydrogens (primary N) is 1. The van der Waals surface area contributed by atoms with Gasteiger partial charge in [-0.1, -0.05) is 35.5 Å². The van der Waals surface area contributed by atoms with E-state index in [1.54, 1.807) is 11.8 Å². The molecule has 0 amide bonds. The fourth-order valence-corrected chi connectivity index (χ4v) is 2.35. The Bertz CT molecular complexity index is 576. The largest absolute Gasteiger partial charge is 0.409 e. The van der Waals surface area contributed by atoms with Crippen LogP contribution in [-0.2, 0) is 0 Å². The third kappa shape index (κ3) is 3.14. The topological polar surface area (TPSA) is 58.6 Å². The first-order valence-corrected chi connectivity index (χ1v) is 6.34. The van der Waals surface area contributed by atoms with Crippen molar-refractivity contribution in [1.82, 2.24) is 0 Å². The summed E-state index contributed by atoms with van der Waals surface area (Å²) >= 11 is 1.56. The van der Waals surface area contributed by atoms with E-state index in [9.17, 15) is 0 Å². The highest BCUT2D eigenvalue weighted by Crippen LogP contribution is 2.14. The molecule has 0 fully saturated rings. The first kappa shape index (κ1) is 11.8. The zero-order chi connectivity index (χ0) is 12.1. The second-order valence-corrected chi connectivity index (χ2v) is 4.75. The molecule has 0 atom stereocenters. The maximum absolute atomic E-state index is 8.47. The lowest BCUT2D eigenvalue weighted by Crippen LogP contribution is -2.23. The van der Waals surface area contributed by atoms with Gasteiger partial charge in [0.1, 0.15) is 5.84 Å². The van der Waals surface area contributed by atoms with Crippen molar-refractivity contribution in [2.75, 3.05) is 5.75 Å². The molecule has 1 aromatic carbocycles. The minimum absolute atomic E-state index is 0.238. The number of hydrogen-bond donors (Lipinski definition) is 2. The molecular formula is C13H14N2OS. The Morgan fingerprint density at radius 2 is 2.29 bits per heavy atom. The number of thioether (sulfide) groups is 1. The van der Waals surface area contributed by atoms with Crippen LogP contribution in [0.15, 0.2) is 40.4 Å². The molecule has 0 aliphatic heterocycles. The van der Waals surface area contributed by atoms with Crippen LogP contribution in [0.1, 0.15) is 6.42 Å². The summed E-state index contributed by atoms with van der Waals surface area (Å²) in [6.45, 7) is 0. The van der Waals surface area contributed by atoms with Gasteiger partial charge in [-0.15, -0.1) is 11.8 Å². The second kappa shape index (κ2) is 5.59. The first-order valence-electron chi connectivity index (χ1n) is 5.36. The average molecular weight is 246 g/mol. The van der Waals surface area contributed by atoms with Crippen molar-refractivity contribution in [3.8, 4) is 0 Å². The molecule has 0 radical (unpaired) electrons. The summed E-state index contributed by atoms with van der Waals surface area (Å²) < 4.78 is 0. The highest BCUT2D eigenvalue weighted by Gasteiger charge is 1.98. The highest BCUT2D eigenvalue weighted by atomic mass is 32.2. The van der Waals surface area contributed by atoms with Crippen LogP contribution in [0.2, 0.25) is 0 Å². The van der Waals surface area contributed by atoms with Gasteiger partial charge in [-0.3, -0.25) is 0 Å². The molecule has 1 aliphatic rings. The van der Waals surface area contributed by atoms with Gasteiger partial charge >= 0.3 is 0 Å². The van der Waals surface area contributed by atoms with E-state index in [1.807, 2.05) is 0 Å². The number of allylic oxidation sites excluding steroid dienone is 2. The molecule has 0 spiro atoms.